The summed E-state index contributed by atoms with van der Waals surface area (Å²) in [6.45, 7) is 7.75. The third-order valence-electron chi connectivity index (χ3n) is 5.56. The lowest BCUT2D eigenvalue weighted by Crippen LogP contribution is -2.13. The Bertz CT molecular complexity index is 948. The van der Waals surface area contributed by atoms with Crippen LogP contribution in [0, 0.1) is 0 Å². The van der Waals surface area contributed by atoms with Gasteiger partial charge in [0.15, 0.2) is 0 Å². The fourth-order valence-corrected chi connectivity index (χ4v) is 3.12. The Balaban J connectivity index is 1.68. The second-order valence-corrected chi connectivity index (χ2v) is 7.98. The fourth-order valence-electron chi connectivity index (χ4n) is 3.12. The molecule has 4 nitrogen and oxygen atoms in total. The molecule has 0 aliphatic rings. The minimum atomic E-state index is -0.294. The molecule has 0 unspecified atom stereocenters. The molecule has 0 saturated heterocycles. The van der Waals surface area contributed by atoms with Gasteiger partial charge in [-0.3, -0.25) is 0 Å². The molecule has 32 heavy (non-hydrogen) atoms. The van der Waals surface area contributed by atoms with E-state index < -0.39 is 0 Å². The highest BCUT2D eigenvalue weighted by molar-refractivity contribution is 5.91. The Kier molecular flexibility index (Phi) is 7.82. The summed E-state index contributed by atoms with van der Waals surface area (Å²) in [4.78, 5) is 24.3. The molecular weight excluding hydrogens is 400 g/mol. The van der Waals surface area contributed by atoms with Crippen molar-refractivity contribution in [3.8, 4) is 22.3 Å². The van der Waals surface area contributed by atoms with Crippen LogP contribution in [0.15, 0.2) is 72.8 Å². The summed E-state index contributed by atoms with van der Waals surface area (Å²) in [5.74, 6) is -0.588. The maximum atomic E-state index is 12.1. The monoisotopic (exact) mass is 430 g/mol. The van der Waals surface area contributed by atoms with Gasteiger partial charge in [0, 0.05) is 0 Å². The number of hydrogen-bond acceptors (Lipinski definition) is 4. The van der Waals surface area contributed by atoms with Crippen molar-refractivity contribution >= 4 is 11.9 Å². The van der Waals surface area contributed by atoms with E-state index in [4.69, 9.17) is 9.47 Å². The summed E-state index contributed by atoms with van der Waals surface area (Å²) in [7, 11) is 0. The number of carbonyl (C=O) groups is 2. The molecule has 0 radical (unpaired) electrons. The third-order valence-corrected chi connectivity index (χ3v) is 5.56. The molecule has 0 aromatic heterocycles. The van der Waals surface area contributed by atoms with Gasteiger partial charge in [0.25, 0.3) is 0 Å². The SMILES string of the molecule is CC[C@@H](C)OC(=O)c1ccc(-c2ccc(-c3ccc(C(=O)O[C@@H](C)CC)cc3)cc2)cc1. The van der Waals surface area contributed by atoms with E-state index in [1.54, 1.807) is 24.3 Å². The number of esters is 2. The molecule has 0 saturated carbocycles. The number of ether oxygens (including phenoxy) is 2. The van der Waals surface area contributed by atoms with Crippen LogP contribution in [-0.2, 0) is 9.47 Å². The van der Waals surface area contributed by atoms with Crippen LogP contribution in [0.25, 0.3) is 22.3 Å². The Labute approximate surface area is 190 Å². The second-order valence-electron chi connectivity index (χ2n) is 7.98. The molecule has 166 valence electrons. The van der Waals surface area contributed by atoms with E-state index in [9.17, 15) is 9.59 Å². The van der Waals surface area contributed by atoms with E-state index in [2.05, 4.69) is 0 Å². The smallest absolute Gasteiger partial charge is 0.338 e. The van der Waals surface area contributed by atoms with Gasteiger partial charge in [0.2, 0.25) is 0 Å². The van der Waals surface area contributed by atoms with Gasteiger partial charge in [-0.25, -0.2) is 9.59 Å². The average molecular weight is 431 g/mol. The van der Waals surface area contributed by atoms with Crippen molar-refractivity contribution in [2.45, 2.75) is 52.7 Å². The molecule has 0 bridgehead atoms. The van der Waals surface area contributed by atoms with Gasteiger partial charge in [-0.15, -0.1) is 0 Å². The fraction of sp³-hybridized carbons (Fsp3) is 0.286. The van der Waals surface area contributed by atoms with E-state index in [-0.39, 0.29) is 24.1 Å². The second kappa shape index (κ2) is 10.8. The molecule has 0 amide bonds. The predicted octanol–water partition coefficient (Wildman–Crippen LogP) is 6.93. The zero-order valence-electron chi connectivity index (χ0n) is 19.1. The van der Waals surface area contributed by atoms with Gasteiger partial charge in [-0.1, -0.05) is 62.4 Å². The Hall–Kier alpha value is -3.40. The molecule has 0 N–H and O–H groups in total. The van der Waals surface area contributed by atoms with Crippen LogP contribution in [0.2, 0.25) is 0 Å². The number of rotatable bonds is 8. The molecule has 0 heterocycles. The molecule has 3 aromatic rings. The molecule has 0 spiro atoms. The maximum absolute atomic E-state index is 12.1. The zero-order valence-corrected chi connectivity index (χ0v) is 19.1. The lowest BCUT2D eigenvalue weighted by molar-refractivity contribution is 0.0324. The summed E-state index contributed by atoms with van der Waals surface area (Å²) >= 11 is 0. The molecule has 2 atom stereocenters. The number of carbonyl (C=O) groups excluding carboxylic acids is 2. The van der Waals surface area contributed by atoms with E-state index in [1.165, 1.54) is 0 Å². The number of benzene rings is 3. The van der Waals surface area contributed by atoms with Crippen LogP contribution in [-0.4, -0.2) is 24.1 Å². The van der Waals surface area contributed by atoms with Crippen molar-refractivity contribution in [1.82, 2.24) is 0 Å². The van der Waals surface area contributed by atoms with Crippen molar-refractivity contribution in [3.63, 3.8) is 0 Å². The van der Waals surface area contributed by atoms with Crippen molar-refractivity contribution in [1.29, 1.82) is 0 Å². The standard InChI is InChI=1S/C28H30O4/c1-5-19(3)31-27(29)25-15-11-23(12-16-25)21-7-9-22(10-8-21)24-13-17-26(18-14-24)28(30)32-20(4)6-2/h7-20H,5-6H2,1-4H3/t19-,20+. The van der Waals surface area contributed by atoms with Gasteiger partial charge in [0.1, 0.15) is 0 Å². The van der Waals surface area contributed by atoms with Gasteiger partial charge in [0.05, 0.1) is 23.3 Å². The molecule has 3 rings (SSSR count). The van der Waals surface area contributed by atoms with Crippen LogP contribution >= 0.6 is 0 Å². The van der Waals surface area contributed by atoms with E-state index >= 15 is 0 Å². The van der Waals surface area contributed by atoms with Gasteiger partial charge < -0.3 is 9.47 Å². The largest absolute Gasteiger partial charge is 0.459 e. The lowest BCUT2D eigenvalue weighted by atomic mass is 9.99. The molecule has 4 heteroatoms. The van der Waals surface area contributed by atoms with Crippen LogP contribution in [0.3, 0.4) is 0 Å². The van der Waals surface area contributed by atoms with Crippen molar-refractivity contribution in [2.75, 3.05) is 0 Å². The van der Waals surface area contributed by atoms with E-state index in [1.807, 2.05) is 76.2 Å². The molecular formula is C28H30O4. The Morgan fingerprint density at radius 3 is 1.06 bits per heavy atom. The van der Waals surface area contributed by atoms with Gasteiger partial charge in [-0.05, 0) is 73.2 Å². The Morgan fingerprint density at radius 1 is 0.562 bits per heavy atom. The minimum Gasteiger partial charge on any atom is -0.459 e. The van der Waals surface area contributed by atoms with Crippen molar-refractivity contribution in [2.24, 2.45) is 0 Å². The third kappa shape index (κ3) is 5.85. The molecule has 3 aromatic carbocycles. The first-order chi connectivity index (χ1) is 15.4. The molecule has 0 fully saturated rings. The lowest BCUT2D eigenvalue weighted by Gasteiger charge is -2.11. The predicted molar refractivity (Wildman–Crippen MR) is 128 cm³/mol. The first-order valence-corrected chi connectivity index (χ1v) is 11.1. The highest BCUT2D eigenvalue weighted by Crippen LogP contribution is 2.26. The first kappa shape index (κ1) is 23.3. The summed E-state index contributed by atoms with van der Waals surface area (Å²) in [6.07, 6.45) is 1.41. The normalized spacial score (nSPS) is 12.6. The highest BCUT2D eigenvalue weighted by Gasteiger charge is 2.12. The topological polar surface area (TPSA) is 52.6 Å². The zero-order chi connectivity index (χ0) is 23.1. The summed E-state index contributed by atoms with van der Waals surface area (Å²) in [6, 6.07) is 23.1. The van der Waals surface area contributed by atoms with Crippen molar-refractivity contribution < 1.29 is 19.1 Å². The van der Waals surface area contributed by atoms with E-state index in [0.717, 1.165) is 35.1 Å². The highest BCUT2D eigenvalue weighted by atomic mass is 16.5. The average Bonchev–Trinajstić information content (AvgIpc) is 2.84. The summed E-state index contributed by atoms with van der Waals surface area (Å²) in [5.41, 5.74) is 5.28. The van der Waals surface area contributed by atoms with Crippen molar-refractivity contribution in [3.05, 3.63) is 83.9 Å². The summed E-state index contributed by atoms with van der Waals surface area (Å²) < 4.78 is 10.8. The van der Waals surface area contributed by atoms with Crippen LogP contribution in [0.5, 0.6) is 0 Å². The van der Waals surface area contributed by atoms with Crippen LogP contribution in [0.1, 0.15) is 61.3 Å². The maximum Gasteiger partial charge on any atom is 0.338 e. The molecule has 0 aliphatic heterocycles. The van der Waals surface area contributed by atoms with E-state index in [0.29, 0.717) is 11.1 Å². The minimum absolute atomic E-state index is 0.0886. The van der Waals surface area contributed by atoms with Crippen LogP contribution in [0.4, 0.5) is 0 Å². The number of hydrogen-bond donors (Lipinski definition) is 0. The Morgan fingerprint density at radius 2 is 0.812 bits per heavy atom. The first-order valence-electron chi connectivity index (χ1n) is 11.1. The summed E-state index contributed by atoms with van der Waals surface area (Å²) in [5, 5.41) is 0. The van der Waals surface area contributed by atoms with Gasteiger partial charge in [-0.2, -0.15) is 0 Å². The van der Waals surface area contributed by atoms with Gasteiger partial charge >= 0.3 is 11.9 Å². The quantitative estimate of drug-likeness (QED) is 0.364. The molecule has 0 aliphatic carbocycles. The van der Waals surface area contributed by atoms with Crippen LogP contribution < -0.4 is 0 Å².